The van der Waals surface area contributed by atoms with Crippen molar-refractivity contribution in [3.05, 3.63) is 83.9 Å². The molecule has 1 fully saturated rings. The highest BCUT2D eigenvalue weighted by Crippen LogP contribution is 2.35. The van der Waals surface area contributed by atoms with E-state index in [2.05, 4.69) is 15.6 Å². The average molecular weight is 478 g/mol. The number of hydrogen-bond acceptors (Lipinski definition) is 6. The molecule has 168 valence electrons. The van der Waals surface area contributed by atoms with Gasteiger partial charge in [-0.3, -0.25) is 9.79 Å². The molecule has 8 heteroatoms. The summed E-state index contributed by atoms with van der Waals surface area (Å²) in [5, 5.41) is 6.92. The van der Waals surface area contributed by atoms with Gasteiger partial charge in [0.15, 0.2) is 15.0 Å². The van der Waals surface area contributed by atoms with Gasteiger partial charge in [-0.15, -0.1) is 0 Å². The predicted molar refractivity (Wildman–Crippen MR) is 136 cm³/mol. The van der Waals surface area contributed by atoms with Crippen LogP contribution in [-0.2, 0) is 9.84 Å². The van der Waals surface area contributed by atoms with Gasteiger partial charge in [0.2, 0.25) is 0 Å². The molecule has 0 spiro atoms. The van der Waals surface area contributed by atoms with Crippen LogP contribution >= 0.6 is 11.8 Å². The number of carbonyl (C=O) groups excluding carboxylic acids is 1. The van der Waals surface area contributed by atoms with Gasteiger partial charge in [0.05, 0.1) is 17.5 Å². The molecule has 3 aromatic rings. The normalized spacial score (nSPS) is 20.7. The Morgan fingerprint density at radius 1 is 0.970 bits per heavy atom. The van der Waals surface area contributed by atoms with Gasteiger partial charge in [-0.2, -0.15) is 0 Å². The first-order valence-electron chi connectivity index (χ1n) is 10.7. The molecule has 5 rings (SSSR count). The number of thioether (sulfide) groups is 1. The fourth-order valence-corrected chi connectivity index (χ4v) is 7.68. The second kappa shape index (κ2) is 8.68. The number of amides is 1. The van der Waals surface area contributed by atoms with Crippen LogP contribution in [0.1, 0.15) is 15.9 Å². The van der Waals surface area contributed by atoms with E-state index in [-0.39, 0.29) is 28.7 Å². The third-order valence-corrected chi connectivity index (χ3v) is 8.95. The summed E-state index contributed by atoms with van der Waals surface area (Å²) in [6.45, 7) is 1.96. The number of benzene rings is 3. The molecule has 6 nitrogen and oxygen atoms in total. The number of hydrogen-bond donors (Lipinski definition) is 2. The molecule has 33 heavy (non-hydrogen) atoms. The van der Waals surface area contributed by atoms with E-state index in [0.717, 1.165) is 28.1 Å². The number of nitrogens with one attached hydrogen (secondary N) is 2. The largest absolute Gasteiger partial charge is 0.335 e. The summed E-state index contributed by atoms with van der Waals surface area (Å²) < 4.78 is 23.6. The lowest BCUT2D eigenvalue weighted by molar-refractivity contribution is 0.102. The molecule has 0 radical (unpaired) electrons. The number of fused-ring (bicyclic) bond motifs is 1. The van der Waals surface area contributed by atoms with E-state index < -0.39 is 9.84 Å². The first-order valence-corrected chi connectivity index (χ1v) is 13.4. The van der Waals surface area contributed by atoms with Crippen molar-refractivity contribution < 1.29 is 13.2 Å². The quantitative estimate of drug-likeness (QED) is 0.574. The molecule has 2 aliphatic heterocycles. The number of rotatable bonds is 4. The lowest BCUT2D eigenvalue weighted by atomic mass is 10.1. The third-order valence-electron chi connectivity index (χ3n) is 5.81. The van der Waals surface area contributed by atoms with Crippen LogP contribution in [0, 0.1) is 6.92 Å². The molecule has 0 saturated carbocycles. The Kier molecular flexibility index (Phi) is 5.72. The van der Waals surface area contributed by atoms with E-state index in [4.69, 9.17) is 0 Å². The third kappa shape index (κ3) is 4.82. The SMILES string of the molecule is Cc1ccc(C(=O)Nc2ccc(-c3ccccc3)cc2)cc1NC1=N[C@@H]2CS(=O)(=O)C[C@H]2S1. The monoisotopic (exact) mass is 477 g/mol. The fraction of sp³-hybridized carbons (Fsp3) is 0.200. The van der Waals surface area contributed by atoms with E-state index in [0.29, 0.717) is 10.7 Å². The van der Waals surface area contributed by atoms with Crippen molar-refractivity contribution in [1.82, 2.24) is 0 Å². The predicted octanol–water partition coefficient (Wildman–Crippen LogP) is 4.59. The zero-order valence-corrected chi connectivity index (χ0v) is 19.6. The number of sulfone groups is 1. The summed E-state index contributed by atoms with van der Waals surface area (Å²) >= 11 is 1.46. The Labute approximate surface area is 197 Å². The summed E-state index contributed by atoms with van der Waals surface area (Å²) in [5.41, 5.74) is 5.23. The summed E-state index contributed by atoms with van der Waals surface area (Å²) in [4.78, 5) is 17.4. The molecule has 2 aliphatic rings. The smallest absolute Gasteiger partial charge is 0.255 e. The van der Waals surface area contributed by atoms with Crippen LogP contribution in [0.2, 0.25) is 0 Å². The van der Waals surface area contributed by atoms with E-state index in [9.17, 15) is 13.2 Å². The molecule has 2 N–H and O–H groups in total. The Bertz CT molecular complexity index is 1340. The molecular weight excluding hydrogens is 454 g/mol. The molecule has 3 aromatic carbocycles. The average Bonchev–Trinajstić information content (AvgIpc) is 3.29. The van der Waals surface area contributed by atoms with Crippen molar-refractivity contribution in [3.63, 3.8) is 0 Å². The van der Waals surface area contributed by atoms with Crippen LogP contribution in [-0.4, -0.2) is 42.3 Å². The van der Waals surface area contributed by atoms with Crippen molar-refractivity contribution in [2.75, 3.05) is 22.1 Å². The molecule has 1 saturated heterocycles. The topological polar surface area (TPSA) is 87.6 Å². The van der Waals surface area contributed by atoms with E-state index in [1.54, 1.807) is 12.1 Å². The van der Waals surface area contributed by atoms with Gasteiger partial charge >= 0.3 is 0 Å². The number of aliphatic imine (C=N–C) groups is 1. The van der Waals surface area contributed by atoms with Crippen LogP contribution in [0.25, 0.3) is 11.1 Å². The number of carbonyl (C=O) groups is 1. The molecule has 0 aliphatic carbocycles. The van der Waals surface area contributed by atoms with E-state index in [1.807, 2.05) is 67.6 Å². The highest BCUT2D eigenvalue weighted by molar-refractivity contribution is 8.15. The first-order chi connectivity index (χ1) is 15.9. The summed E-state index contributed by atoms with van der Waals surface area (Å²) in [6, 6.07) is 23.1. The van der Waals surface area contributed by atoms with Gasteiger partial charge in [0, 0.05) is 22.2 Å². The lowest BCUT2D eigenvalue weighted by Gasteiger charge is -2.12. The standard InChI is InChI=1S/C25H23N3O3S2/c1-16-7-8-19(13-21(16)27-25-28-22-14-33(30,31)15-23(22)32-25)24(29)26-20-11-9-18(10-12-20)17-5-3-2-4-6-17/h2-13,22-23H,14-15H2,1H3,(H,26,29)(H,27,28)/t22-,23-/m1/s1. The summed E-state index contributed by atoms with van der Waals surface area (Å²) in [7, 11) is -2.98. The maximum atomic E-state index is 12.9. The second-order valence-corrected chi connectivity index (χ2v) is 11.7. The van der Waals surface area contributed by atoms with Crippen molar-refractivity contribution >= 4 is 44.0 Å². The first kappa shape index (κ1) is 21.7. The van der Waals surface area contributed by atoms with Crippen molar-refractivity contribution in [1.29, 1.82) is 0 Å². The zero-order chi connectivity index (χ0) is 23.0. The molecule has 2 heterocycles. The minimum atomic E-state index is -2.98. The van der Waals surface area contributed by atoms with Crippen LogP contribution in [0.15, 0.2) is 77.8 Å². The Hall–Kier alpha value is -3.10. The maximum Gasteiger partial charge on any atom is 0.255 e. The minimum absolute atomic E-state index is 0.0249. The number of anilines is 2. The van der Waals surface area contributed by atoms with Gasteiger partial charge in [-0.05, 0) is 47.9 Å². The second-order valence-electron chi connectivity index (χ2n) is 8.29. The highest BCUT2D eigenvalue weighted by Gasteiger charge is 2.42. The Morgan fingerprint density at radius 2 is 1.70 bits per heavy atom. The van der Waals surface area contributed by atoms with Gasteiger partial charge in [0.1, 0.15) is 0 Å². The van der Waals surface area contributed by atoms with Gasteiger partial charge in [0.25, 0.3) is 5.91 Å². The molecule has 2 atom stereocenters. The van der Waals surface area contributed by atoms with Crippen LogP contribution in [0.4, 0.5) is 11.4 Å². The number of amidine groups is 1. The Morgan fingerprint density at radius 3 is 2.42 bits per heavy atom. The van der Waals surface area contributed by atoms with Gasteiger partial charge in [-0.1, -0.05) is 60.3 Å². The van der Waals surface area contributed by atoms with Crippen LogP contribution in [0.5, 0.6) is 0 Å². The molecule has 0 unspecified atom stereocenters. The van der Waals surface area contributed by atoms with Gasteiger partial charge in [-0.25, -0.2) is 8.42 Å². The maximum absolute atomic E-state index is 12.9. The number of aryl methyl sites for hydroxylation is 1. The van der Waals surface area contributed by atoms with E-state index >= 15 is 0 Å². The Balaban J connectivity index is 1.27. The summed E-state index contributed by atoms with van der Waals surface area (Å²) in [5.74, 6) is 0.0801. The summed E-state index contributed by atoms with van der Waals surface area (Å²) in [6.07, 6.45) is 0. The van der Waals surface area contributed by atoms with Crippen LogP contribution < -0.4 is 10.6 Å². The van der Waals surface area contributed by atoms with Gasteiger partial charge < -0.3 is 10.6 Å². The minimum Gasteiger partial charge on any atom is -0.335 e. The van der Waals surface area contributed by atoms with E-state index in [1.165, 1.54) is 11.8 Å². The number of nitrogens with zero attached hydrogens (tertiary/aromatic N) is 1. The molecule has 0 bridgehead atoms. The van der Waals surface area contributed by atoms with Crippen molar-refractivity contribution in [2.45, 2.75) is 18.2 Å². The zero-order valence-electron chi connectivity index (χ0n) is 18.0. The molecule has 1 amide bonds. The molecule has 0 aromatic heterocycles. The lowest BCUT2D eigenvalue weighted by Crippen LogP contribution is -2.14. The fourth-order valence-electron chi connectivity index (χ4n) is 4.01. The molecular formula is C25H23N3O3S2. The van der Waals surface area contributed by atoms with Crippen molar-refractivity contribution in [3.8, 4) is 11.1 Å². The highest BCUT2D eigenvalue weighted by atomic mass is 32.2. The van der Waals surface area contributed by atoms with Crippen LogP contribution in [0.3, 0.4) is 0 Å². The van der Waals surface area contributed by atoms with Crippen molar-refractivity contribution in [2.24, 2.45) is 4.99 Å².